The minimum Gasteiger partial charge on any atom is -0.502 e. The van der Waals surface area contributed by atoms with Crippen molar-refractivity contribution in [2.75, 3.05) is 18.5 Å². The molecule has 0 amide bonds. The SMILES string of the molecule is CN(CCCC(C)(C)C)c1c(O)c(=O)c1=O. The van der Waals surface area contributed by atoms with Gasteiger partial charge in [-0.2, -0.15) is 0 Å². The van der Waals surface area contributed by atoms with Crippen molar-refractivity contribution < 1.29 is 5.11 Å². The summed E-state index contributed by atoms with van der Waals surface area (Å²) >= 11 is 0. The van der Waals surface area contributed by atoms with E-state index in [1.165, 1.54) is 0 Å². The fourth-order valence-electron chi connectivity index (χ4n) is 1.68. The molecule has 0 fully saturated rings. The summed E-state index contributed by atoms with van der Waals surface area (Å²) in [4.78, 5) is 23.6. The molecule has 0 bridgehead atoms. The highest BCUT2D eigenvalue weighted by Gasteiger charge is 2.23. The van der Waals surface area contributed by atoms with E-state index in [-0.39, 0.29) is 16.9 Å². The molecule has 0 saturated carbocycles. The Morgan fingerprint density at radius 3 is 2.19 bits per heavy atom. The molecule has 1 aromatic carbocycles. The smallest absolute Gasteiger partial charge is 0.271 e. The Bertz CT molecular complexity index is 436. The zero-order valence-corrected chi connectivity index (χ0v) is 10.3. The van der Waals surface area contributed by atoms with Gasteiger partial charge in [0.25, 0.3) is 10.9 Å². The molecule has 0 aliphatic rings. The first-order valence-corrected chi connectivity index (χ1v) is 5.47. The van der Waals surface area contributed by atoms with Crippen molar-refractivity contribution >= 4 is 5.69 Å². The van der Waals surface area contributed by atoms with Crippen LogP contribution < -0.4 is 15.8 Å². The van der Waals surface area contributed by atoms with Crippen molar-refractivity contribution in [3.63, 3.8) is 0 Å². The van der Waals surface area contributed by atoms with Gasteiger partial charge in [-0.1, -0.05) is 20.8 Å². The third-order valence-electron chi connectivity index (χ3n) is 2.66. The van der Waals surface area contributed by atoms with Crippen molar-refractivity contribution in [3.05, 3.63) is 20.4 Å². The zero-order valence-electron chi connectivity index (χ0n) is 10.3. The predicted molar refractivity (Wildman–Crippen MR) is 65.0 cm³/mol. The van der Waals surface area contributed by atoms with Gasteiger partial charge < -0.3 is 10.0 Å². The topological polar surface area (TPSA) is 57.6 Å². The molecule has 0 aliphatic carbocycles. The molecule has 0 aromatic heterocycles. The highest BCUT2D eigenvalue weighted by molar-refractivity contribution is 5.62. The number of anilines is 1. The number of hydrogen-bond donors (Lipinski definition) is 1. The standard InChI is InChI=1S/C12H19NO3/c1-12(2,3)6-5-7-13(4)8-9(14)11(16)10(8)15/h14H,5-7H2,1-4H3. The third-order valence-corrected chi connectivity index (χ3v) is 2.66. The highest BCUT2D eigenvalue weighted by atomic mass is 16.3. The zero-order chi connectivity index (χ0) is 12.5. The van der Waals surface area contributed by atoms with Crippen LogP contribution in [0.2, 0.25) is 0 Å². The predicted octanol–water partition coefficient (Wildman–Crippen LogP) is 1.25. The molecule has 0 aliphatic heterocycles. The normalized spacial score (nSPS) is 12.0. The Morgan fingerprint density at radius 2 is 1.75 bits per heavy atom. The van der Waals surface area contributed by atoms with E-state index in [0.29, 0.717) is 6.54 Å². The summed E-state index contributed by atoms with van der Waals surface area (Å²) in [6.07, 6.45) is 1.96. The van der Waals surface area contributed by atoms with Gasteiger partial charge in [-0.15, -0.1) is 0 Å². The van der Waals surface area contributed by atoms with Gasteiger partial charge in [0, 0.05) is 13.6 Å². The summed E-state index contributed by atoms with van der Waals surface area (Å²) in [7, 11) is 1.72. The van der Waals surface area contributed by atoms with Gasteiger partial charge in [0.05, 0.1) is 0 Å². The molecule has 1 aromatic rings. The Morgan fingerprint density at radius 1 is 1.19 bits per heavy atom. The molecule has 1 N–H and O–H groups in total. The largest absolute Gasteiger partial charge is 0.502 e. The van der Waals surface area contributed by atoms with E-state index in [1.54, 1.807) is 11.9 Å². The fourth-order valence-corrected chi connectivity index (χ4v) is 1.68. The lowest BCUT2D eigenvalue weighted by Crippen LogP contribution is -2.38. The van der Waals surface area contributed by atoms with E-state index in [1.807, 2.05) is 0 Å². The van der Waals surface area contributed by atoms with Crippen molar-refractivity contribution in [1.82, 2.24) is 0 Å². The first-order valence-electron chi connectivity index (χ1n) is 5.47. The Balaban J connectivity index is 2.52. The van der Waals surface area contributed by atoms with Gasteiger partial charge >= 0.3 is 0 Å². The lowest BCUT2D eigenvalue weighted by molar-refractivity contribution is 0.366. The van der Waals surface area contributed by atoms with Crippen molar-refractivity contribution in [1.29, 1.82) is 0 Å². The fraction of sp³-hybridized carbons (Fsp3) is 0.667. The maximum atomic E-state index is 11.2. The molecule has 0 radical (unpaired) electrons. The van der Waals surface area contributed by atoms with Gasteiger partial charge in [0.15, 0.2) is 5.75 Å². The van der Waals surface area contributed by atoms with Crippen molar-refractivity contribution in [2.24, 2.45) is 5.41 Å². The minimum absolute atomic E-state index is 0.166. The van der Waals surface area contributed by atoms with Crippen LogP contribution in [0, 0.1) is 5.41 Å². The maximum absolute atomic E-state index is 11.2. The Kier molecular flexibility index (Phi) is 3.41. The molecular formula is C12H19NO3. The van der Waals surface area contributed by atoms with Crippen LogP contribution in [0.5, 0.6) is 5.75 Å². The quantitative estimate of drug-likeness (QED) is 0.783. The average Bonchev–Trinajstić information content (AvgIpc) is 2.15. The van der Waals surface area contributed by atoms with Crippen LogP contribution in [0.3, 0.4) is 0 Å². The molecule has 90 valence electrons. The summed E-state index contributed by atoms with van der Waals surface area (Å²) in [5.74, 6) is -0.386. The third kappa shape index (κ3) is 2.62. The second-order valence-corrected chi connectivity index (χ2v) is 5.44. The molecule has 0 atom stereocenters. The van der Waals surface area contributed by atoms with Crippen LogP contribution >= 0.6 is 0 Å². The molecule has 4 nitrogen and oxygen atoms in total. The summed E-state index contributed by atoms with van der Waals surface area (Å²) in [5, 5.41) is 9.24. The maximum Gasteiger partial charge on any atom is 0.271 e. The van der Waals surface area contributed by atoms with E-state index in [0.717, 1.165) is 12.8 Å². The molecule has 4 heteroatoms. The summed E-state index contributed by atoms with van der Waals surface area (Å²) in [6.45, 7) is 7.14. The van der Waals surface area contributed by atoms with E-state index in [2.05, 4.69) is 20.8 Å². The number of hydrogen-bond acceptors (Lipinski definition) is 4. The van der Waals surface area contributed by atoms with Crippen LogP contribution in [0.25, 0.3) is 0 Å². The van der Waals surface area contributed by atoms with Crippen molar-refractivity contribution in [3.8, 4) is 5.75 Å². The molecule has 0 saturated heterocycles. The van der Waals surface area contributed by atoms with E-state index in [9.17, 15) is 14.7 Å². The van der Waals surface area contributed by atoms with Gasteiger partial charge in [0.1, 0.15) is 5.69 Å². The van der Waals surface area contributed by atoms with E-state index < -0.39 is 10.9 Å². The van der Waals surface area contributed by atoms with E-state index in [4.69, 9.17) is 0 Å². The van der Waals surface area contributed by atoms with Gasteiger partial charge in [-0.3, -0.25) is 9.59 Å². The highest BCUT2D eigenvalue weighted by Crippen LogP contribution is 2.23. The molecule has 0 spiro atoms. The van der Waals surface area contributed by atoms with Crippen molar-refractivity contribution in [2.45, 2.75) is 33.6 Å². The molecule has 1 rings (SSSR count). The first-order chi connectivity index (χ1) is 7.24. The molecule has 0 unspecified atom stereocenters. The van der Waals surface area contributed by atoms with Crippen LogP contribution in [-0.4, -0.2) is 18.7 Å². The van der Waals surface area contributed by atoms with Crippen LogP contribution in [-0.2, 0) is 0 Å². The second-order valence-electron chi connectivity index (χ2n) is 5.44. The average molecular weight is 225 g/mol. The molecule has 0 heterocycles. The van der Waals surface area contributed by atoms with Gasteiger partial charge in [-0.25, -0.2) is 0 Å². The van der Waals surface area contributed by atoms with Crippen LogP contribution in [0.15, 0.2) is 9.59 Å². The summed E-state index contributed by atoms with van der Waals surface area (Å²) < 4.78 is 0. The summed E-state index contributed by atoms with van der Waals surface area (Å²) in [5.41, 5.74) is -0.913. The lowest BCUT2D eigenvalue weighted by Gasteiger charge is -2.23. The Hall–Kier alpha value is -1.32. The van der Waals surface area contributed by atoms with E-state index >= 15 is 0 Å². The number of rotatable bonds is 4. The van der Waals surface area contributed by atoms with Gasteiger partial charge in [-0.05, 0) is 18.3 Å². The van der Waals surface area contributed by atoms with Crippen LogP contribution in [0.1, 0.15) is 33.6 Å². The molecular weight excluding hydrogens is 206 g/mol. The molecule has 16 heavy (non-hydrogen) atoms. The Labute approximate surface area is 95.2 Å². The van der Waals surface area contributed by atoms with Gasteiger partial charge in [0.2, 0.25) is 0 Å². The summed E-state index contributed by atoms with van der Waals surface area (Å²) in [6, 6.07) is 0. The minimum atomic E-state index is -0.766. The number of aromatic hydroxyl groups is 1. The second kappa shape index (κ2) is 4.28. The first kappa shape index (κ1) is 12.7. The lowest BCUT2D eigenvalue weighted by atomic mass is 9.90. The number of nitrogens with zero attached hydrogens (tertiary/aromatic N) is 1. The van der Waals surface area contributed by atoms with Crippen LogP contribution in [0.4, 0.5) is 5.69 Å². The monoisotopic (exact) mass is 225 g/mol.